The fraction of sp³-hybridized carbons (Fsp3) is 0.188. The molecule has 0 saturated heterocycles. The largest absolute Gasteiger partial charge is 0.443 e. The lowest BCUT2D eigenvalue weighted by atomic mass is 10.1. The molecule has 0 bridgehead atoms. The second-order valence-electron chi connectivity index (χ2n) is 4.67. The van der Waals surface area contributed by atoms with E-state index in [4.69, 9.17) is 4.74 Å². The number of hydrogen-bond acceptors (Lipinski definition) is 5. The van der Waals surface area contributed by atoms with E-state index in [1.54, 1.807) is 42.5 Å². The quantitative estimate of drug-likeness (QED) is 0.842. The summed E-state index contributed by atoms with van der Waals surface area (Å²) in [5.74, 6) is -1.32. The van der Waals surface area contributed by atoms with Crippen LogP contribution in [0.5, 0.6) is 0 Å². The number of hydrogen-bond donors (Lipinski definition) is 2. The van der Waals surface area contributed by atoms with Crippen LogP contribution in [0.2, 0.25) is 0 Å². The van der Waals surface area contributed by atoms with Crippen LogP contribution in [-0.4, -0.2) is 25.0 Å². The standard InChI is InChI=1S/C16H16N2O4S/c1-10-8-9-12(23-10)15(20)22-13(11-6-4-3-5-7-11)14(19)18-16(21)17-2/h3-9,13H,1-2H3,(H2,17,18,19,21)/t13-/m0/s1. The summed E-state index contributed by atoms with van der Waals surface area (Å²) in [5, 5.41) is 4.41. The van der Waals surface area contributed by atoms with Gasteiger partial charge in [0.05, 0.1) is 0 Å². The number of ether oxygens (including phenoxy) is 1. The lowest BCUT2D eigenvalue weighted by Gasteiger charge is -2.17. The molecule has 6 nitrogen and oxygen atoms in total. The number of rotatable bonds is 4. The number of benzene rings is 1. The first-order valence-electron chi connectivity index (χ1n) is 6.86. The average molecular weight is 332 g/mol. The third kappa shape index (κ3) is 4.40. The van der Waals surface area contributed by atoms with Gasteiger partial charge in [-0.2, -0.15) is 0 Å². The van der Waals surface area contributed by atoms with Gasteiger partial charge in [-0.15, -0.1) is 11.3 Å². The van der Waals surface area contributed by atoms with Crippen LogP contribution in [-0.2, 0) is 9.53 Å². The molecule has 1 aromatic carbocycles. The molecule has 2 aromatic rings. The van der Waals surface area contributed by atoms with Gasteiger partial charge >= 0.3 is 12.0 Å². The molecule has 0 fully saturated rings. The van der Waals surface area contributed by atoms with E-state index in [1.165, 1.54) is 18.4 Å². The molecular formula is C16H16N2O4S. The molecule has 2 N–H and O–H groups in total. The molecule has 2 rings (SSSR count). The summed E-state index contributed by atoms with van der Waals surface area (Å²) in [4.78, 5) is 37.1. The Balaban J connectivity index is 2.21. The first-order valence-corrected chi connectivity index (χ1v) is 7.68. The average Bonchev–Trinajstić information content (AvgIpc) is 2.99. The fourth-order valence-corrected chi connectivity index (χ4v) is 2.60. The lowest BCUT2D eigenvalue weighted by Crippen LogP contribution is -2.41. The molecule has 0 aliphatic rings. The van der Waals surface area contributed by atoms with E-state index in [2.05, 4.69) is 10.6 Å². The topological polar surface area (TPSA) is 84.5 Å². The van der Waals surface area contributed by atoms with E-state index in [9.17, 15) is 14.4 Å². The molecule has 0 aliphatic carbocycles. The Bertz CT molecular complexity index is 712. The minimum atomic E-state index is -1.21. The van der Waals surface area contributed by atoms with Crippen LogP contribution >= 0.6 is 11.3 Å². The van der Waals surface area contributed by atoms with Crippen LogP contribution in [0.1, 0.15) is 26.2 Å². The number of carbonyl (C=O) groups excluding carboxylic acids is 3. The zero-order chi connectivity index (χ0) is 16.8. The van der Waals surface area contributed by atoms with Gasteiger partial charge in [0.2, 0.25) is 6.10 Å². The van der Waals surface area contributed by atoms with Crippen molar-refractivity contribution in [3.05, 3.63) is 57.8 Å². The third-order valence-electron chi connectivity index (χ3n) is 2.97. The molecule has 7 heteroatoms. The summed E-state index contributed by atoms with van der Waals surface area (Å²) < 4.78 is 5.32. The Morgan fingerprint density at radius 3 is 2.35 bits per heavy atom. The summed E-state index contributed by atoms with van der Waals surface area (Å²) in [6.45, 7) is 1.87. The minimum absolute atomic E-state index is 0.399. The molecule has 0 radical (unpaired) electrons. The van der Waals surface area contributed by atoms with Gasteiger partial charge in [0, 0.05) is 17.5 Å². The van der Waals surface area contributed by atoms with Gasteiger partial charge in [-0.05, 0) is 19.1 Å². The molecule has 1 atom stereocenters. The number of esters is 1. The molecule has 0 unspecified atom stereocenters. The maximum absolute atomic E-state index is 12.2. The van der Waals surface area contributed by atoms with E-state index in [-0.39, 0.29) is 0 Å². The van der Waals surface area contributed by atoms with Crippen molar-refractivity contribution in [1.82, 2.24) is 10.6 Å². The molecule has 3 amide bonds. The van der Waals surface area contributed by atoms with Gasteiger partial charge in [0.25, 0.3) is 5.91 Å². The number of aryl methyl sites for hydroxylation is 1. The molecule has 120 valence electrons. The highest BCUT2D eigenvalue weighted by Gasteiger charge is 2.27. The van der Waals surface area contributed by atoms with E-state index in [0.717, 1.165) is 4.88 Å². The summed E-state index contributed by atoms with van der Waals surface area (Å²) in [5.41, 5.74) is 0.482. The van der Waals surface area contributed by atoms with Crippen molar-refractivity contribution in [2.45, 2.75) is 13.0 Å². The van der Waals surface area contributed by atoms with E-state index >= 15 is 0 Å². The van der Waals surface area contributed by atoms with Crippen molar-refractivity contribution in [2.24, 2.45) is 0 Å². The molecule has 1 heterocycles. The number of amides is 3. The number of urea groups is 1. The Kier molecular flexibility index (Phi) is 5.48. The second kappa shape index (κ2) is 7.55. The smallest absolute Gasteiger partial charge is 0.349 e. The first-order chi connectivity index (χ1) is 11.0. The van der Waals surface area contributed by atoms with Crippen molar-refractivity contribution >= 4 is 29.2 Å². The van der Waals surface area contributed by atoms with Crippen molar-refractivity contribution in [3.8, 4) is 0 Å². The molecule has 23 heavy (non-hydrogen) atoms. The van der Waals surface area contributed by atoms with E-state index < -0.39 is 24.0 Å². The van der Waals surface area contributed by atoms with E-state index in [0.29, 0.717) is 10.4 Å². The minimum Gasteiger partial charge on any atom is -0.443 e. The maximum atomic E-state index is 12.2. The Morgan fingerprint density at radius 2 is 1.78 bits per heavy atom. The highest BCUT2D eigenvalue weighted by Crippen LogP contribution is 2.22. The molecule has 0 aliphatic heterocycles. The van der Waals surface area contributed by atoms with Crippen LogP contribution < -0.4 is 10.6 Å². The Morgan fingerprint density at radius 1 is 1.09 bits per heavy atom. The van der Waals surface area contributed by atoms with Crippen LogP contribution in [0.3, 0.4) is 0 Å². The zero-order valence-corrected chi connectivity index (χ0v) is 13.5. The Labute approximate surface area is 137 Å². The lowest BCUT2D eigenvalue weighted by molar-refractivity contribution is -0.129. The Hall–Kier alpha value is -2.67. The molecule has 0 spiro atoms. The van der Waals surface area contributed by atoms with Crippen LogP contribution in [0.4, 0.5) is 4.79 Å². The van der Waals surface area contributed by atoms with Gasteiger partial charge < -0.3 is 10.1 Å². The predicted molar refractivity (Wildman–Crippen MR) is 86.3 cm³/mol. The summed E-state index contributed by atoms with van der Waals surface area (Å²) >= 11 is 1.28. The van der Waals surface area contributed by atoms with E-state index in [1.807, 2.05) is 6.92 Å². The maximum Gasteiger partial charge on any atom is 0.349 e. The van der Waals surface area contributed by atoms with Crippen molar-refractivity contribution in [3.63, 3.8) is 0 Å². The van der Waals surface area contributed by atoms with Gasteiger partial charge in [0.15, 0.2) is 0 Å². The van der Waals surface area contributed by atoms with Crippen LogP contribution in [0.25, 0.3) is 0 Å². The van der Waals surface area contributed by atoms with Crippen molar-refractivity contribution in [1.29, 1.82) is 0 Å². The predicted octanol–water partition coefficient (Wildman–Crippen LogP) is 2.41. The highest BCUT2D eigenvalue weighted by molar-refractivity contribution is 7.13. The SMILES string of the molecule is CNC(=O)NC(=O)[C@@H](OC(=O)c1ccc(C)s1)c1ccccc1. The van der Waals surface area contributed by atoms with Gasteiger partial charge in [0.1, 0.15) is 4.88 Å². The number of carbonyl (C=O) groups is 3. The zero-order valence-electron chi connectivity index (χ0n) is 12.7. The van der Waals surface area contributed by atoms with Gasteiger partial charge in [-0.25, -0.2) is 9.59 Å². The molecule has 0 saturated carbocycles. The number of thiophene rings is 1. The highest BCUT2D eigenvalue weighted by atomic mass is 32.1. The summed E-state index contributed by atoms with van der Waals surface area (Å²) in [7, 11) is 1.39. The molecule has 1 aromatic heterocycles. The van der Waals surface area contributed by atoms with Gasteiger partial charge in [-0.1, -0.05) is 30.3 Å². The van der Waals surface area contributed by atoms with Crippen LogP contribution in [0, 0.1) is 6.92 Å². The third-order valence-corrected chi connectivity index (χ3v) is 3.95. The summed E-state index contributed by atoms with van der Waals surface area (Å²) in [6, 6.07) is 11.3. The van der Waals surface area contributed by atoms with Crippen molar-refractivity contribution in [2.75, 3.05) is 7.05 Å². The molecular weight excluding hydrogens is 316 g/mol. The first kappa shape index (κ1) is 16.7. The van der Waals surface area contributed by atoms with Gasteiger partial charge in [-0.3, -0.25) is 10.1 Å². The number of imide groups is 1. The second-order valence-corrected chi connectivity index (χ2v) is 5.96. The normalized spacial score (nSPS) is 11.4. The van der Waals surface area contributed by atoms with Crippen LogP contribution in [0.15, 0.2) is 42.5 Å². The monoisotopic (exact) mass is 332 g/mol. The number of nitrogens with one attached hydrogen (secondary N) is 2. The van der Waals surface area contributed by atoms with Crippen molar-refractivity contribution < 1.29 is 19.1 Å². The summed E-state index contributed by atoms with van der Waals surface area (Å²) in [6.07, 6.45) is -1.21. The fourth-order valence-electron chi connectivity index (χ4n) is 1.85.